The van der Waals surface area contributed by atoms with Crippen LogP contribution in [0.25, 0.3) is 0 Å². The monoisotopic (exact) mass is 382 g/mol. The molecule has 1 amide bonds. The first-order chi connectivity index (χ1) is 12.8. The average Bonchev–Trinajstić information content (AvgIpc) is 3.21. The van der Waals surface area contributed by atoms with Gasteiger partial charge in [-0.05, 0) is 31.7 Å². The summed E-state index contributed by atoms with van der Waals surface area (Å²) in [4.78, 5) is 18.2. The third-order valence-corrected chi connectivity index (χ3v) is 4.66. The second-order valence-corrected chi connectivity index (χ2v) is 6.82. The van der Waals surface area contributed by atoms with E-state index in [4.69, 9.17) is 4.52 Å². The van der Waals surface area contributed by atoms with Gasteiger partial charge in [0, 0.05) is 32.0 Å². The van der Waals surface area contributed by atoms with Gasteiger partial charge in [-0.15, -0.1) is 0 Å². The van der Waals surface area contributed by atoms with Gasteiger partial charge in [-0.2, -0.15) is 18.2 Å². The Kier molecular flexibility index (Phi) is 5.50. The predicted molar refractivity (Wildman–Crippen MR) is 90.7 cm³/mol. The van der Waals surface area contributed by atoms with Crippen molar-refractivity contribution in [2.45, 2.75) is 44.4 Å². The van der Waals surface area contributed by atoms with E-state index in [9.17, 15) is 18.0 Å². The van der Waals surface area contributed by atoms with Crippen LogP contribution >= 0.6 is 0 Å². The summed E-state index contributed by atoms with van der Waals surface area (Å²) in [6.07, 6.45) is -3.59. The fourth-order valence-corrected chi connectivity index (χ4v) is 3.05. The Hall–Kier alpha value is -2.42. The molecular weight excluding hydrogens is 361 g/mol. The number of rotatable bonds is 6. The average molecular weight is 382 g/mol. The number of halogens is 3. The standard InChI is InChI=1S/C18H21F3N4O2/c1-11(22-2)6-15-23-17(27-24-15)13-8-16(26)25(10-13)9-12-4-3-5-14(7-12)18(19,20)21/h3-5,7,11,13,22H,6,8-10H2,1-2H3. The molecule has 27 heavy (non-hydrogen) atoms. The van der Waals surface area contributed by atoms with Crippen LogP contribution in [-0.4, -0.2) is 40.6 Å². The number of carbonyl (C=O) groups excluding carboxylic acids is 1. The van der Waals surface area contributed by atoms with Gasteiger partial charge < -0.3 is 14.7 Å². The largest absolute Gasteiger partial charge is 0.416 e. The number of amides is 1. The van der Waals surface area contributed by atoms with E-state index in [1.165, 1.54) is 11.0 Å². The van der Waals surface area contributed by atoms with Crippen molar-refractivity contribution in [1.82, 2.24) is 20.4 Å². The number of likely N-dealkylation sites (tertiary alicyclic amines) is 1. The second-order valence-electron chi connectivity index (χ2n) is 6.82. The molecule has 0 bridgehead atoms. The summed E-state index contributed by atoms with van der Waals surface area (Å²) in [5.74, 6) is 0.582. The molecule has 2 heterocycles. The van der Waals surface area contributed by atoms with Crippen LogP contribution < -0.4 is 5.32 Å². The zero-order valence-corrected chi connectivity index (χ0v) is 15.1. The van der Waals surface area contributed by atoms with E-state index in [0.29, 0.717) is 30.2 Å². The van der Waals surface area contributed by atoms with E-state index in [0.717, 1.165) is 12.1 Å². The van der Waals surface area contributed by atoms with Crippen molar-refractivity contribution < 1.29 is 22.5 Å². The first-order valence-corrected chi connectivity index (χ1v) is 8.70. The molecule has 2 unspecified atom stereocenters. The number of likely N-dealkylation sites (N-methyl/N-ethyl adjacent to an activating group) is 1. The number of aromatic nitrogens is 2. The van der Waals surface area contributed by atoms with Crippen LogP contribution in [0.15, 0.2) is 28.8 Å². The van der Waals surface area contributed by atoms with Crippen molar-refractivity contribution in [3.8, 4) is 0 Å². The quantitative estimate of drug-likeness (QED) is 0.832. The number of nitrogens with zero attached hydrogens (tertiary/aromatic N) is 3. The maximum Gasteiger partial charge on any atom is 0.416 e. The Morgan fingerprint density at radius 1 is 1.41 bits per heavy atom. The van der Waals surface area contributed by atoms with Gasteiger partial charge in [0.25, 0.3) is 0 Å². The van der Waals surface area contributed by atoms with E-state index in [-0.39, 0.29) is 30.8 Å². The minimum absolute atomic E-state index is 0.122. The maximum absolute atomic E-state index is 12.8. The molecule has 146 valence electrons. The second kappa shape index (κ2) is 7.67. The lowest BCUT2D eigenvalue weighted by molar-refractivity contribution is -0.137. The summed E-state index contributed by atoms with van der Waals surface area (Å²) in [5, 5.41) is 7.03. The van der Waals surface area contributed by atoms with Gasteiger partial charge in [0.15, 0.2) is 5.82 Å². The van der Waals surface area contributed by atoms with Crippen molar-refractivity contribution in [1.29, 1.82) is 0 Å². The number of hydrogen-bond donors (Lipinski definition) is 1. The molecule has 6 nitrogen and oxygen atoms in total. The van der Waals surface area contributed by atoms with E-state index in [1.807, 2.05) is 14.0 Å². The summed E-state index contributed by atoms with van der Waals surface area (Å²) >= 11 is 0. The highest BCUT2D eigenvalue weighted by atomic mass is 19.4. The molecule has 1 aliphatic heterocycles. The number of alkyl halides is 3. The predicted octanol–water partition coefficient (Wildman–Crippen LogP) is 2.75. The van der Waals surface area contributed by atoms with Crippen LogP contribution in [0.5, 0.6) is 0 Å². The van der Waals surface area contributed by atoms with Gasteiger partial charge in [-0.1, -0.05) is 17.3 Å². The molecule has 2 aromatic rings. The highest BCUT2D eigenvalue weighted by Gasteiger charge is 2.35. The van der Waals surface area contributed by atoms with E-state index < -0.39 is 11.7 Å². The highest BCUT2D eigenvalue weighted by molar-refractivity contribution is 5.79. The van der Waals surface area contributed by atoms with Crippen LogP contribution in [0, 0.1) is 0 Å². The third-order valence-electron chi connectivity index (χ3n) is 4.66. The fraction of sp³-hybridized carbons (Fsp3) is 0.500. The molecule has 1 saturated heterocycles. The number of hydrogen-bond acceptors (Lipinski definition) is 5. The first kappa shape index (κ1) is 19.3. The van der Waals surface area contributed by atoms with Crippen molar-refractivity contribution in [3.63, 3.8) is 0 Å². The molecule has 1 aromatic heterocycles. The Morgan fingerprint density at radius 3 is 2.89 bits per heavy atom. The first-order valence-electron chi connectivity index (χ1n) is 8.70. The van der Waals surface area contributed by atoms with Crippen LogP contribution in [0.4, 0.5) is 13.2 Å². The molecule has 0 aliphatic carbocycles. The lowest BCUT2D eigenvalue weighted by atomic mass is 10.1. The minimum Gasteiger partial charge on any atom is -0.339 e. The topological polar surface area (TPSA) is 71.3 Å². The zero-order valence-electron chi connectivity index (χ0n) is 15.1. The molecule has 1 aliphatic rings. The van der Waals surface area contributed by atoms with E-state index in [2.05, 4.69) is 15.5 Å². The normalized spacial score (nSPS) is 18.9. The molecule has 2 atom stereocenters. The smallest absolute Gasteiger partial charge is 0.339 e. The summed E-state index contributed by atoms with van der Waals surface area (Å²) in [5.41, 5.74) is -0.281. The summed E-state index contributed by atoms with van der Waals surface area (Å²) in [7, 11) is 1.84. The molecule has 9 heteroatoms. The van der Waals surface area contributed by atoms with Crippen molar-refractivity contribution in [2.24, 2.45) is 0 Å². The van der Waals surface area contributed by atoms with E-state index in [1.54, 1.807) is 6.07 Å². The van der Waals surface area contributed by atoms with Crippen LogP contribution in [0.1, 0.15) is 42.1 Å². The minimum atomic E-state index is -4.40. The molecule has 1 aromatic carbocycles. The molecule has 0 radical (unpaired) electrons. The lowest BCUT2D eigenvalue weighted by Gasteiger charge is -2.17. The molecule has 1 fully saturated rings. The van der Waals surface area contributed by atoms with Crippen molar-refractivity contribution in [3.05, 3.63) is 47.1 Å². The van der Waals surface area contributed by atoms with Gasteiger partial charge in [0.05, 0.1) is 11.5 Å². The Morgan fingerprint density at radius 2 is 2.19 bits per heavy atom. The molecular formula is C18H21F3N4O2. The summed E-state index contributed by atoms with van der Waals surface area (Å²) in [6.45, 7) is 2.46. The molecule has 0 spiro atoms. The summed E-state index contributed by atoms with van der Waals surface area (Å²) < 4.78 is 43.8. The zero-order chi connectivity index (χ0) is 19.6. The lowest BCUT2D eigenvalue weighted by Crippen LogP contribution is -2.24. The van der Waals surface area contributed by atoms with Gasteiger partial charge in [0.1, 0.15) is 0 Å². The number of nitrogens with one attached hydrogen (secondary N) is 1. The fourth-order valence-electron chi connectivity index (χ4n) is 3.05. The molecule has 1 N–H and O–H groups in total. The van der Waals surface area contributed by atoms with Crippen molar-refractivity contribution in [2.75, 3.05) is 13.6 Å². The van der Waals surface area contributed by atoms with Crippen LogP contribution in [0.2, 0.25) is 0 Å². The van der Waals surface area contributed by atoms with E-state index >= 15 is 0 Å². The highest BCUT2D eigenvalue weighted by Crippen LogP contribution is 2.31. The molecule has 3 rings (SSSR count). The summed E-state index contributed by atoms with van der Waals surface area (Å²) in [6, 6.07) is 5.22. The maximum atomic E-state index is 12.8. The number of benzene rings is 1. The third kappa shape index (κ3) is 4.65. The van der Waals surface area contributed by atoms with Gasteiger partial charge in [-0.25, -0.2) is 0 Å². The number of carbonyl (C=O) groups is 1. The van der Waals surface area contributed by atoms with Gasteiger partial charge >= 0.3 is 6.18 Å². The van der Waals surface area contributed by atoms with Crippen LogP contribution in [-0.2, 0) is 23.9 Å². The SMILES string of the molecule is CNC(C)Cc1noc(C2CC(=O)N(Cc3cccc(C(F)(F)F)c3)C2)n1. The molecule has 0 saturated carbocycles. The van der Waals surface area contributed by atoms with Crippen LogP contribution in [0.3, 0.4) is 0 Å². The van der Waals surface area contributed by atoms with Gasteiger partial charge in [-0.3, -0.25) is 4.79 Å². The van der Waals surface area contributed by atoms with Gasteiger partial charge in [0.2, 0.25) is 11.8 Å². The van der Waals surface area contributed by atoms with Crippen molar-refractivity contribution >= 4 is 5.91 Å². The Labute approximate surface area is 154 Å². The Bertz CT molecular complexity index is 806. The Balaban J connectivity index is 1.66.